The van der Waals surface area contributed by atoms with Gasteiger partial charge in [-0.25, -0.2) is 4.79 Å². The van der Waals surface area contributed by atoms with Gasteiger partial charge in [-0.2, -0.15) is 0 Å². The molecule has 0 unspecified atom stereocenters. The maximum atomic E-state index is 13.9. The molecule has 7 N–H and O–H groups in total. The highest BCUT2D eigenvalue weighted by Crippen LogP contribution is 2.24. The highest BCUT2D eigenvalue weighted by atomic mass is 16.7. The van der Waals surface area contributed by atoms with Gasteiger partial charge in [-0.05, 0) is 31.2 Å². The van der Waals surface area contributed by atoms with Crippen LogP contribution in [-0.4, -0.2) is 114 Å². The fourth-order valence-electron chi connectivity index (χ4n) is 9.73. The van der Waals surface area contributed by atoms with E-state index >= 15 is 0 Å². The lowest BCUT2D eigenvalue weighted by Gasteiger charge is -2.42. The summed E-state index contributed by atoms with van der Waals surface area (Å²) in [6.45, 7) is 5.58. The zero-order valence-electron chi connectivity index (χ0n) is 48.2. The van der Waals surface area contributed by atoms with Crippen LogP contribution in [0.5, 0.6) is 0 Å². The molecule has 0 radical (unpaired) electrons. The molecule has 1 aromatic carbocycles. The molecule has 16 heteroatoms. The molecule has 0 spiro atoms. The van der Waals surface area contributed by atoms with Gasteiger partial charge in [0.25, 0.3) is 0 Å². The number of esters is 1. The van der Waals surface area contributed by atoms with Gasteiger partial charge in [0.05, 0.1) is 19.6 Å². The van der Waals surface area contributed by atoms with Crippen LogP contribution in [0.4, 0.5) is 4.79 Å². The van der Waals surface area contributed by atoms with Gasteiger partial charge < -0.3 is 55.5 Å². The van der Waals surface area contributed by atoms with Crippen LogP contribution in [-0.2, 0) is 44.7 Å². The molecule has 0 saturated carbocycles. The number of nitrogens with one attached hydrogen (secondary N) is 4. The van der Waals surface area contributed by atoms with Crippen molar-refractivity contribution in [1.29, 1.82) is 0 Å². The number of ether oxygens (including phenoxy) is 4. The number of aliphatic hydroxyl groups is 3. The fourth-order valence-corrected chi connectivity index (χ4v) is 9.73. The monoisotopic (exact) mass is 1090 g/mol. The zero-order chi connectivity index (χ0) is 56.0. The zero-order valence-corrected chi connectivity index (χ0v) is 48.2. The SMILES string of the molecule is CCCCCCCCCCCCCC(=O)N[C@@H](CO[C@@H]1O[C@H](CO)[C@@H](O)[C@H](O)[C@H]1NC(=O)C[C@@H](CCCCCCCCCCC)OC(=O)CCCCCCCCCCCCC)C(=O)NCCNC(=O)OCc1ccccc1. The van der Waals surface area contributed by atoms with Gasteiger partial charge in [-0.3, -0.25) is 19.2 Å². The predicted octanol–water partition coefficient (Wildman–Crippen LogP) is 11.1. The summed E-state index contributed by atoms with van der Waals surface area (Å²) in [7, 11) is 0. The third-order valence-corrected chi connectivity index (χ3v) is 14.5. The van der Waals surface area contributed by atoms with E-state index in [1.807, 2.05) is 30.3 Å². The summed E-state index contributed by atoms with van der Waals surface area (Å²) in [4.78, 5) is 66.5. The van der Waals surface area contributed by atoms with Gasteiger partial charge in [-0.15, -0.1) is 0 Å². The second-order valence-corrected chi connectivity index (χ2v) is 21.5. The summed E-state index contributed by atoms with van der Waals surface area (Å²) in [5, 5.41) is 43.3. The highest BCUT2D eigenvalue weighted by molar-refractivity contribution is 5.87. The van der Waals surface area contributed by atoms with E-state index in [0.29, 0.717) is 19.3 Å². The number of carbonyl (C=O) groups is 5. The minimum absolute atomic E-state index is 0.00948. The highest BCUT2D eigenvalue weighted by Gasteiger charge is 2.46. The Morgan fingerprint density at radius 3 is 1.58 bits per heavy atom. The number of benzene rings is 1. The van der Waals surface area contributed by atoms with Crippen LogP contribution in [0.3, 0.4) is 0 Å². The van der Waals surface area contributed by atoms with Crippen molar-refractivity contribution < 1.29 is 58.2 Å². The normalized spacial score (nSPS) is 18.0. The topological polar surface area (TPSA) is 231 Å². The number of hydrogen-bond donors (Lipinski definition) is 7. The lowest BCUT2D eigenvalue weighted by Crippen LogP contribution is -2.65. The molecule has 7 atom stereocenters. The van der Waals surface area contributed by atoms with E-state index in [-0.39, 0.29) is 50.8 Å². The summed E-state index contributed by atoms with van der Waals surface area (Å²) in [6.07, 6.45) is 28.3. The lowest BCUT2D eigenvalue weighted by atomic mass is 9.96. The smallest absolute Gasteiger partial charge is 0.407 e. The van der Waals surface area contributed by atoms with Crippen LogP contribution in [0.2, 0.25) is 0 Å². The van der Waals surface area contributed by atoms with Crippen molar-refractivity contribution >= 4 is 29.8 Å². The molecule has 1 heterocycles. The molecule has 1 aliphatic heterocycles. The first-order chi connectivity index (χ1) is 37.5. The number of amides is 4. The van der Waals surface area contributed by atoms with Crippen LogP contribution in [0, 0.1) is 0 Å². The molecular formula is C61H108N4O12. The van der Waals surface area contributed by atoms with Crippen LogP contribution >= 0.6 is 0 Å². The Hall–Kier alpha value is -3.83. The lowest BCUT2D eigenvalue weighted by molar-refractivity contribution is -0.271. The summed E-state index contributed by atoms with van der Waals surface area (Å²) < 4.78 is 23.2. The van der Waals surface area contributed by atoms with E-state index in [4.69, 9.17) is 18.9 Å². The number of hydrogen-bond acceptors (Lipinski definition) is 12. The molecule has 0 aromatic heterocycles. The Bertz CT molecular complexity index is 1640. The van der Waals surface area contributed by atoms with Crippen molar-refractivity contribution in [2.75, 3.05) is 26.3 Å². The number of aliphatic hydroxyl groups excluding tert-OH is 3. The molecule has 2 rings (SSSR count). The van der Waals surface area contributed by atoms with E-state index in [9.17, 15) is 39.3 Å². The molecule has 4 amide bonds. The predicted molar refractivity (Wildman–Crippen MR) is 304 cm³/mol. The maximum absolute atomic E-state index is 13.9. The number of carbonyl (C=O) groups excluding carboxylic acids is 5. The molecule has 77 heavy (non-hydrogen) atoms. The Labute approximate surface area is 464 Å². The van der Waals surface area contributed by atoms with Crippen molar-refractivity contribution in [2.24, 2.45) is 0 Å². The minimum Gasteiger partial charge on any atom is -0.462 e. The maximum Gasteiger partial charge on any atom is 0.407 e. The third kappa shape index (κ3) is 35.4. The largest absolute Gasteiger partial charge is 0.462 e. The van der Waals surface area contributed by atoms with Gasteiger partial charge in [0, 0.05) is 25.9 Å². The average Bonchev–Trinajstić information content (AvgIpc) is 3.43. The molecule has 16 nitrogen and oxygen atoms in total. The van der Waals surface area contributed by atoms with E-state index in [0.717, 1.165) is 76.2 Å². The van der Waals surface area contributed by atoms with Crippen LogP contribution in [0.25, 0.3) is 0 Å². The van der Waals surface area contributed by atoms with E-state index in [1.54, 1.807) is 0 Å². The second-order valence-electron chi connectivity index (χ2n) is 21.5. The first kappa shape index (κ1) is 69.3. The van der Waals surface area contributed by atoms with Crippen LogP contribution < -0.4 is 21.3 Å². The third-order valence-electron chi connectivity index (χ3n) is 14.5. The van der Waals surface area contributed by atoms with E-state index in [1.165, 1.54) is 116 Å². The number of unbranched alkanes of at least 4 members (excludes halogenated alkanes) is 28. The molecule has 1 aliphatic rings. The van der Waals surface area contributed by atoms with Gasteiger partial charge >= 0.3 is 12.1 Å². The first-order valence-electron chi connectivity index (χ1n) is 30.8. The quantitative estimate of drug-likeness (QED) is 0.0239. The summed E-state index contributed by atoms with van der Waals surface area (Å²) in [6, 6.07) is 6.57. The van der Waals surface area contributed by atoms with Crippen molar-refractivity contribution in [3.63, 3.8) is 0 Å². The van der Waals surface area contributed by atoms with Crippen molar-refractivity contribution in [1.82, 2.24) is 21.3 Å². The second kappa shape index (κ2) is 47.0. The molecular weight excluding hydrogens is 981 g/mol. The van der Waals surface area contributed by atoms with Crippen molar-refractivity contribution in [3.05, 3.63) is 35.9 Å². The Morgan fingerprint density at radius 2 is 1.06 bits per heavy atom. The Balaban J connectivity index is 2.09. The molecule has 0 bridgehead atoms. The molecule has 444 valence electrons. The standard InChI is InChI=1S/C61H108N4O12/c1-4-7-10-13-16-19-21-24-27-30-36-41-53(67)64-51(59(72)62-43-44-63-61(73)75-47-49-38-33-32-34-39-49)48-74-60-56(58(71)57(70)52(46-66)77-60)65-54(68)45-50(40-35-29-26-23-18-15-12-9-6-3)76-55(69)42-37-31-28-25-22-20-17-14-11-8-5-2/h32-34,38-39,50-52,56-58,60,66,70-71H,4-31,35-37,40-48H2,1-3H3,(H,62,72)(H,63,73)(H,64,67)(H,65,68)/t50-,51+,52-,56-,57-,58-,60-/m1/s1. The van der Waals surface area contributed by atoms with Gasteiger partial charge in [-0.1, -0.05) is 231 Å². The van der Waals surface area contributed by atoms with Gasteiger partial charge in [0.1, 0.15) is 43.1 Å². The molecule has 1 aromatic rings. The average molecular weight is 1090 g/mol. The van der Waals surface area contributed by atoms with Crippen molar-refractivity contribution in [2.45, 2.75) is 295 Å². The molecule has 1 fully saturated rings. The van der Waals surface area contributed by atoms with Gasteiger partial charge in [0.2, 0.25) is 17.7 Å². The molecule has 1 saturated heterocycles. The Morgan fingerprint density at radius 1 is 0.584 bits per heavy atom. The van der Waals surface area contributed by atoms with Crippen molar-refractivity contribution in [3.8, 4) is 0 Å². The first-order valence-corrected chi connectivity index (χ1v) is 30.8. The summed E-state index contributed by atoms with van der Waals surface area (Å²) in [5.41, 5.74) is 0.818. The minimum atomic E-state index is -1.66. The fraction of sp³-hybridized carbons (Fsp3) is 0.820. The van der Waals surface area contributed by atoms with E-state index < -0.39 is 73.9 Å². The van der Waals surface area contributed by atoms with E-state index in [2.05, 4.69) is 42.0 Å². The Kier molecular flexibility index (Phi) is 42.3. The number of rotatable bonds is 49. The summed E-state index contributed by atoms with van der Waals surface area (Å²) in [5.74, 6) is -1.93. The van der Waals surface area contributed by atoms with Gasteiger partial charge in [0.15, 0.2) is 6.29 Å². The van der Waals surface area contributed by atoms with Crippen LogP contribution in [0.1, 0.15) is 251 Å². The molecule has 0 aliphatic carbocycles. The van der Waals surface area contributed by atoms with Crippen LogP contribution in [0.15, 0.2) is 30.3 Å². The number of alkyl carbamates (subject to hydrolysis) is 1. The summed E-state index contributed by atoms with van der Waals surface area (Å²) >= 11 is 0.